The zero-order valence-corrected chi connectivity index (χ0v) is 24.1. The normalized spacial score (nSPS) is 18.1. The number of carboxylic acids is 1. The quantitative estimate of drug-likeness (QED) is 0.147. The standard InChI is InChI=1S/C33H30N2O7S/c1-20(37)23-5-3-8-26(16-23)35-30(38)24-6-2-7-25(15-24)33-41-27(19-43-31-28(32(39)40)9-4-14-34-31)17-29(42-33)22-12-10-21(18-36)11-13-22/h2-16,27,29,33,36H,17-19H2,1H3,(H,35,38)(H,39,40)/t27-,29+,33?/m0/s1. The predicted octanol–water partition coefficient (Wildman–Crippen LogP) is 6.06. The van der Waals surface area contributed by atoms with E-state index >= 15 is 0 Å². The fourth-order valence-electron chi connectivity index (χ4n) is 4.71. The van der Waals surface area contributed by atoms with Gasteiger partial charge in [0.15, 0.2) is 12.1 Å². The van der Waals surface area contributed by atoms with E-state index in [0.717, 1.165) is 11.1 Å². The van der Waals surface area contributed by atoms with Crippen molar-refractivity contribution in [1.29, 1.82) is 0 Å². The largest absolute Gasteiger partial charge is 0.478 e. The number of aliphatic hydroxyl groups is 1. The summed E-state index contributed by atoms with van der Waals surface area (Å²) in [7, 11) is 0. The molecule has 43 heavy (non-hydrogen) atoms. The third-order valence-corrected chi connectivity index (χ3v) is 8.11. The number of carbonyl (C=O) groups excluding carboxylic acids is 2. The van der Waals surface area contributed by atoms with Crippen LogP contribution in [-0.4, -0.2) is 44.7 Å². The highest BCUT2D eigenvalue weighted by Crippen LogP contribution is 2.39. The maximum atomic E-state index is 13.1. The molecule has 1 amide bonds. The number of amides is 1. The highest BCUT2D eigenvalue weighted by Gasteiger charge is 2.33. The van der Waals surface area contributed by atoms with Crippen molar-refractivity contribution in [3.05, 3.63) is 125 Å². The van der Waals surface area contributed by atoms with Crippen molar-refractivity contribution in [2.24, 2.45) is 0 Å². The summed E-state index contributed by atoms with van der Waals surface area (Å²) in [5.74, 6) is -1.07. The molecule has 3 N–H and O–H groups in total. The Kier molecular flexibility index (Phi) is 9.63. The summed E-state index contributed by atoms with van der Waals surface area (Å²) < 4.78 is 12.8. The number of hydrogen-bond donors (Lipinski definition) is 3. The molecular weight excluding hydrogens is 568 g/mol. The molecule has 5 rings (SSSR count). The predicted molar refractivity (Wildman–Crippen MR) is 161 cm³/mol. The van der Waals surface area contributed by atoms with Gasteiger partial charge >= 0.3 is 5.97 Å². The van der Waals surface area contributed by atoms with Crippen LogP contribution in [-0.2, 0) is 16.1 Å². The van der Waals surface area contributed by atoms with Gasteiger partial charge in [-0.3, -0.25) is 9.59 Å². The van der Waals surface area contributed by atoms with Gasteiger partial charge in [-0.1, -0.05) is 48.5 Å². The zero-order chi connectivity index (χ0) is 30.3. The number of pyridine rings is 1. The Morgan fingerprint density at radius 3 is 2.44 bits per heavy atom. The van der Waals surface area contributed by atoms with Crippen molar-refractivity contribution in [3.8, 4) is 0 Å². The van der Waals surface area contributed by atoms with E-state index in [9.17, 15) is 24.6 Å². The highest BCUT2D eigenvalue weighted by atomic mass is 32.2. The monoisotopic (exact) mass is 598 g/mol. The van der Waals surface area contributed by atoms with Gasteiger partial charge in [0.2, 0.25) is 0 Å². The lowest BCUT2D eigenvalue weighted by Crippen LogP contribution is -2.31. The molecule has 220 valence electrons. The van der Waals surface area contributed by atoms with Crippen LogP contribution in [0.2, 0.25) is 0 Å². The second kappa shape index (κ2) is 13.7. The lowest BCUT2D eigenvalue weighted by molar-refractivity contribution is -0.245. The average Bonchev–Trinajstić information content (AvgIpc) is 3.04. The molecule has 0 saturated carbocycles. The molecule has 1 saturated heterocycles. The molecule has 9 nitrogen and oxygen atoms in total. The van der Waals surface area contributed by atoms with Crippen LogP contribution in [0.3, 0.4) is 0 Å². The fraction of sp³-hybridized carbons (Fsp3) is 0.212. The molecule has 1 fully saturated rings. The third-order valence-electron chi connectivity index (χ3n) is 6.97. The third kappa shape index (κ3) is 7.54. The summed E-state index contributed by atoms with van der Waals surface area (Å²) in [4.78, 5) is 40.8. The molecule has 4 aromatic rings. The van der Waals surface area contributed by atoms with Gasteiger partial charge in [-0.2, -0.15) is 0 Å². The van der Waals surface area contributed by atoms with E-state index < -0.39 is 12.3 Å². The van der Waals surface area contributed by atoms with Crippen LogP contribution in [0.4, 0.5) is 5.69 Å². The first-order chi connectivity index (χ1) is 20.8. The van der Waals surface area contributed by atoms with E-state index in [1.165, 1.54) is 24.8 Å². The van der Waals surface area contributed by atoms with Gasteiger partial charge in [0.1, 0.15) is 5.03 Å². The number of nitrogens with zero attached hydrogens (tertiary/aromatic N) is 1. The van der Waals surface area contributed by atoms with Gasteiger partial charge < -0.3 is 25.0 Å². The van der Waals surface area contributed by atoms with E-state index in [2.05, 4.69) is 10.3 Å². The molecule has 1 unspecified atom stereocenters. The minimum atomic E-state index is -1.05. The van der Waals surface area contributed by atoms with E-state index in [-0.39, 0.29) is 36.1 Å². The minimum Gasteiger partial charge on any atom is -0.478 e. The van der Waals surface area contributed by atoms with Crippen LogP contribution in [0.25, 0.3) is 0 Å². The highest BCUT2D eigenvalue weighted by molar-refractivity contribution is 7.99. The number of hydrogen-bond acceptors (Lipinski definition) is 8. The van der Waals surface area contributed by atoms with Crippen molar-refractivity contribution < 1.29 is 34.1 Å². The number of carboxylic acid groups (broad SMARTS) is 1. The molecule has 3 atom stereocenters. The van der Waals surface area contributed by atoms with Crippen molar-refractivity contribution >= 4 is 35.1 Å². The second-order valence-electron chi connectivity index (χ2n) is 10.0. The molecule has 0 radical (unpaired) electrons. The van der Waals surface area contributed by atoms with Crippen molar-refractivity contribution in [1.82, 2.24) is 4.98 Å². The van der Waals surface area contributed by atoms with Crippen molar-refractivity contribution in [3.63, 3.8) is 0 Å². The average molecular weight is 599 g/mol. The molecule has 0 spiro atoms. The Hall–Kier alpha value is -4.35. The fourth-order valence-corrected chi connectivity index (χ4v) is 5.71. The Morgan fingerprint density at radius 2 is 1.70 bits per heavy atom. The second-order valence-corrected chi connectivity index (χ2v) is 11.0. The number of thioether (sulfide) groups is 1. The van der Waals surface area contributed by atoms with E-state index in [0.29, 0.717) is 39.6 Å². The molecule has 0 bridgehead atoms. The lowest BCUT2D eigenvalue weighted by atomic mass is 10.0. The van der Waals surface area contributed by atoms with Gasteiger partial charge in [-0.05, 0) is 54.4 Å². The topological polar surface area (TPSA) is 135 Å². The van der Waals surface area contributed by atoms with Crippen LogP contribution in [0.5, 0.6) is 0 Å². The number of rotatable bonds is 10. The van der Waals surface area contributed by atoms with Gasteiger partial charge in [-0.25, -0.2) is 9.78 Å². The number of ether oxygens (including phenoxy) is 2. The summed E-state index contributed by atoms with van der Waals surface area (Å²) in [5.41, 5.74) is 3.84. The molecule has 2 heterocycles. The van der Waals surface area contributed by atoms with Crippen LogP contribution in [0.1, 0.15) is 73.5 Å². The molecule has 1 aliphatic rings. The Bertz CT molecular complexity index is 1630. The van der Waals surface area contributed by atoms with Gasteiger partial charge in [-0.15, -0.1) is 11.8 Å². The number of aliphatic hydroxyl groups excluding tert-OH is 1. The Balaban J connectivity index is 1.37. The Morgan fingerprint density at radius 1 is 0.930 bits per heavy atom. The van der Waals surface area contributed by atoms with E-state index in [1.807, 2.05) is 30.3 Å². The minimum absolute atomic E-state index is 0.0688. The number of benzene rings is 3. The molecule has 3 aromatic carbocycles. The molecule has 1 aromatic heterocycles. The number of anilines is 1. The summed E-state index contributed by atoms with van der Waals surface area (Å²) in [5, 5.41) is 22.3. The maximum Gasteiger partial charge on any atom is 0.338 e. The first-order valence-electron chi connectivity index (χ1n) is 13.6. The van der Waals surface area contributed by atoms with E-state index in [4.69, 9.17) is 9.47 Å². The number of Topliss-reactive ketones (excluding diaryl/α,β-unsaturated/α-hetero) is 1. The first-order valence-corrected chi connectivity index (χ1v) is 14.6. The lowest BCUT2D eigenvalue weighted by Gasteiger charge is -2.36. The maximum absolute atomic E-state index is 13.1. The summed E-state index contributed by atoms with van der Waals surface area (Å²) in [6.07, 6.45) is 0.566. The van der Waals surface area contributed by atoms with Gasteiger partial charge in [0.25, 0.3) is 5.91 Å². The zero-order valence-electron chi connectivity index (χ0n) is 23.3. The number of aromatic nitrogens is 1. The van der Waals surface area contributed by atoms with Crippen molar-refractivity contribution in [2.75, 3.05) is 11.1 Å². The smallest absolute Gasteiger partial charge is 0.338 e. The number of carbonyl (C=O) groups is 3. The Labute approximate surface area is 252 Å². The molecular formula is C33H30N2O7S. The molecule has 0 aliphatic carbocycles. The summed E-state index contributed by atoms with van der Waals surface area (Å²) >= 11 is 1.30. The van der Waals surface area contributed by atoms with Crippen LogP contribution >= 0.6 is 11.8 Å². The number of nitrogens with one attached hydrogen (secondary N) is 1. The number of aromatic carboxylic acids is 1. The number of ketones is 1. The van der Waals surface area contributed by atoms with E-state index in [1.54, 1.807) is 54.7 Å². The SMILES string of the molecule is CC(=O)c1cccc(NC(=O)c2cccc(C3O[C@H](CSc4ncccc4C(=O)O)C[C@H](c4ccc(CO)cc4)O3)c2)c1. The van der Waals surface area contributed by atoms with Crippen LogP contribution in [0.15, 0.2) is 96.2 Å². The summed E-state index contributed by atoms with van der Waals surface area (Å²) in [6, 6.07) is 24.3. The van der Waals surface area contributed by atoms with Gasteiger partial charge in [0.05, 0.1) is 24.4 Å². The van der Waals surface area contributed by atoms with Crippen LogP contribution < -0.4 is 5.32 Å². The molecule has 1 aliphatic heterocycles. The molecule has 10 heteroatoms. The summed E-state index contributed by atoms with van der Waals surface area (Å²) in [6.45, 7) is 1.40. The first kappa shape index (κ1) is 30.1. The van der Waals surface area contributed by atoms with Crippen molar-refractivity contribution in [2.45, 2.75) is 43.5 Å². The van der Waals surface area contributed by atoms with Crippen LogP contribution in [0, 0.1) is 0 Å². The van der Waals surface area contributed by atoms with Gasteiger partial charge in [0, 0.05) is 40.7 Å².